The van der Waals surface area contributed by atoms with Crippen LogP contribution in [-0.4, -0.2) is 41.3 Å². The molecule has 0 aliphatic carbocycles. The third kappa shape index (κ3) is 5.44. The molecule has 1 aromatic carbocycles. The number of nitrogens with one attached hydrogen (secondary N) is 1. The monoisotopic (exact) mass is 334 g/mol. The van der Waals surface area contributed by atoms with Gasteiger partial charge in [0.1, 0.15) is 9.84 Å². The molecule has 7 nitrogen and oxygen atoms in total. The van der Waals surface area contributed by atoms with Crippen LogP contribution in [0.5, 0.6) is 0 Å². The van der Waals surface area contributed by atoms with E-state index in [0.717, 1.165) is 6.26 Å². The van der Waals surface area contributed by atoms with Crippen molar-refractivity contribution in [2.24, 2.45) is 5.14 Å². The second kappa shape index (κ2) is 6.54. The maximum Gasteiger partial charge on any atom is 0.251 e. The first-order chi connectivity index (χ1) is 9.54. The highest BCUT2D eigenvalue weighted by Crippen LogP contribution is 2.17. The Labute approximate surface area is 124 Å². The summed E-state index contributed by atoms with van der Waals surface area (Å²) in [4.78, 5) is 11.8. The summed E-state index contributed by atoms with van der Waals surface area (Å²) in [6.07, 6.45) is 1.52. The average molecular weight is 334 g/mol. The van der Waals surface area contributed by atoms with E-state index in [-0.39, 0.29) is 22.8 Å². The molecule has 0 aliphatic heterocycles. The summed E-state index contributed by atoms with van der Waals surface area (Å²) in [7, 11) is -7.10. The van der Waals surface area contributed by atoms with Crippen molar-refractivity contribution in [3.63, 3.8) is 0 Å². The third-order valence-corrected chi connectivity index (χ3v) is 4.71. The maximum absolute atomic E-state index is 11.9. The van der Waals surface area contributed by atoms with Gasteiger partial charge in [-0.15, -0.1) is 0 Å². The molecule has 0 aliphatic rings. The molecule has 0 saturated carbocycles. The van der Waals surface area contributed by atoms with Crippen molar-refractivity contribution in [2.45, 2.75) is 18.2 Å². The Kier molecular flexibility index (Phi) is 5.48. The number of amides is 1. The Morgan fingerprint density at radius 2 is 1.86 bits per heavy atom. The van der Waals surface area contributed by atoms with Gasteiger partial charge < -0.3 is 5.32 Å². The zero-order chi connectivity index (χ0) is 16.3. The van der Waals surface area contributed by atoms with Crippen LogP contribution in [0.15, 0.2) is 23.1 Å². The fraction of sp³-hybridized carbons (Fsp3) is 0.417. The standard InChI is InChI=1S/C12H18N2O5S2/c1-3-9-4-5-10(8-11(9)21(13,18)19)12(15)14-6-7-20(2,16)17/h4-5,8H,3,6-7H2,1-2H3,(H,14,15)(H2,13,18,19). The number of primary sulfonamides is 1. The van der Waals surface area contributed by atoms with E-state index < -0.39 is 25.8 Å². The minimum absolute atomic E-state index is 0.0437. The first-order valence-corrected chi connectivity index (χ1v) is 9.77. The molecule has 0 unspecified atom stereocenters. The number of carbonyl (C=O) groups excluding carboxylic acids is 1. The Morgan fingerprint density at radius 3 is 2.33 bits per heavy atom. The van der Waals surface area contributed by atoms with Gasteiger partial charge in [-0.25, -0.2) is 22.0 Å². The number of aryl methyl sites for hydroxylation is 1. The number of sulfonamides is 1. The highest BCUT2D eigenvalue weighted by molar-refractivity contribution is 7.90. The van der Waals surface area contributed by atoms with Gasteiger partial charge in [0, 0.05) is 18.4 Å². The fourth-order valence-corrected chi connectivity index (χ4v) is 3.05. The molecule has 0 atom stereocenters. The van der Waals surface area contributed by atoms with Crippen molar-refractivity contribution < 1.29 is 21.6 Å². The zero-order valence-corrected chi connectivity index (χ0v) is 13.4. The van der Waals surface area contributed by atoms with Crippen LogP contribution in [-0.2, 0) is 26.3 Å². The maximum atomic E-state index is 11.9. The van der Waals surface area contributed by atoms with Crippen LogP contribution in [0.1, 0.15) is 22.8 Å². The summed E-state index contributed by atoms with van der Waals surface area (Å²) in [5.74, 6) is -0.736. The van der Waals surface area contributed by atoms with Gasteiger partial charge in [-0.1, -0.05) is 13.0 Å². The Bertz CT molecular complexity index is 739. The van der Waals surface area contributed by atoms with Crippen molar-refractivity contribution in [3.8, 4) is 0 Å². The summed E-state index contributed by atoms with van der Waals surface area (Å²) in [5.41, 5.74) is 0.634. The zero-order valence-electron chi connectivity index (χ0n) is 11.8. The molecule has 1 amide bonds. The number of benzene rings is 1. The van der Waals surface area contributed by atoms with Gasteiger partial charge in [-0.05, 0) is 24.1 Å². The molecule has 21 heavy (non-hydrogen) atoms. The van der Waals surface area contributed by atoms with E-state index in [2.05, 4.69) is 5.32 Å². The van der Waals surface area contributed by atoms with Gasteiger partial charge in [0.2, 0.25) is 10.0 Å². The SMILES string of the molecule is CCc1ccc(C(=O)NCCS(C)(=O)=O)cc1S(N)(=O)=O. The molecular weight excluding hydrogens is 316 g/mol. The van der Waals surface area contributed by atoms with E-state index in [1.807, 2.05) is 0 Å². The molecule has 0 bridgehead atoms. The van der Waals surface area contributed by atoms with E-state index in [0.29, 0.717) is 12.0 Å². The van der Waals surface area contributed by atoms with Crippen molar-refractivity contribution >= 4 is 25.8 Å². The van der Waals surface area contributed by atoms with Gasteiger partial charge >= 0.3 is 0 Å². The number of sulfone groups is 1. The molecule has 0 heterocycles. The Hall–Kier alpha value is -1.45. The predicted octanol–water partition coefficient (Wildman–Crippen LogP) is -0.329. The first-order valence-electron chi connectivity index (χ1n) is 6.16. The van der Waals surface area contributed by atoms with Crippen LogP contribution in [0.4, 0.5) is 0 Å². The van der Waals surface area contributed by atoms with Crippen molar-refractivity contribution in [1.29, 1.82) is 0 Å². The Balaban J connectivity index is 2.97. The molecule has 3 N–H and O–H groups in total. The third-order valence-electron chi connectivity index (χ3n) is 2.78. The second-order valence-electron chi connectivity index (χ2n) is 4.61. The lowest BCUT2D eigenvalue weighted by atomic mass is 10.1. The van der Waals surface area contributed by atoms with Crippen LogP contribution < -0.4 is 10.5 Å². The number of hydrogen-bond acceptors (Lipinski definition) is 5. The molecule has 0 aromatic heterocycles. The van der Waals surface area contributed by atoms with Crippen LogP contribution in [0.2, 0.25) is 0 Å². The largest absolute Gasteiger partial charge is 0.351 e. The van der Waals surface area contributed by atoms with Crippen LogP contribution in [0.3, 0.4) is 0 Å². The summed E-state index contributed by atoms with van der Waals surface area (Å²) >= 11 is 0. The van der Waals surface area contributed by atoms with Gasteiger partial charge in [-0.2, -0.15) is 0 Å². The second-order valence-corrected chi connectivity index (χ2v) is 8.40. The highest BCUT2D eigenvalue weighted by atomic mass is 32.2. The topological polar surface area (TPSA) is 123 Å². The molecule has 1 rings (SSSR count). The van der Waals surface area contributed by atoms with Crippen molar-refractivity contribution in [1.82, 2.24) is 5.32 Å². The van der Waals surface area contributed by atoms with Crippen LogP contribution in [0, 0.1) is 0 Å². The minimum atomic E-state index is -3.92. The van der Waals surface area contributed by atoms with Gasteiger partial charge in [0.05, 0.1) is 10.6 Å². The van der Waals surface area contributed by atoms with Crippen LogP contribution >= 0.6 is 0 Å². The summed E-state index contributed by atoms with van der Waals surface area (Å²) in [5, 5.41) is 7.54. The normalized spacial score (nSPS) is 12.1. The van der Waals surface area contributed by atoms with E-state index in [4.69, 9.17) is 5.14 Å². The van der Waals surface area contributed by atoms with Gasteiger partial charge in [0.25, 0.3) is 5.91 Å². The lowest BCUT2D eigenvalue weighted by Crippen LogP contribution is -2.29. The minimum Gasteiger partial charge on any atom is -0.351 e. The van der Waals surface area contributed by atoms with Crippen molar-refractivity contribution in [3.05, 3.63) is 29.3 Å². The molecule has 0 radical (unpaired) electrons. The molecular formula is C12H18N2O5S2. The number of rotatable bonds is 6. The highest BCUT2D eigenvalue weighted by Gasteiger charge is 2.16. The molecule has 118 valence electrons. The molecule has 9 heteroatoms. The van der Waals surface area contributed by atoms with Gasteiger partial charge in [0.15, 0.2) is 0 Å². The van der Waals surface area contributed by atoms with E-state index in [1.54, 1.807) is 6.92 Å². The molecule has 1 aromatic rings. The quantitative estimate of drug-likeness (QED) is 0.737. The first kappa shape index (κ1) is 17.6. The molecule has 0 spiro atoms. The van der Waals surface area contributed by atoms with Gasteiger partial charge in [-0.3, -0.25) is 4.79 Å². The lowest BCUT2D eigenvalue weighted by molar-refractivity contribution is 0.0956. The van der Waals surface area contributed by atoms with Crippen LogP contribution in [0.25, 0.3) is 0 Å². The number of hydrogen-bond donors (Lipinski definition) is 2. The van der Waals surface area contributed by atoms with E-state index in [9.17, 15) is 21.6 Å². The van der Waals surface area contributed by atoms with Crippen molar-refractivity contribution in [2.75, 3.05) is 18.6 Å². The average Bonchev–Trinajstić information content (AvgIpc) is 2.35. The molecule has 0 saturated heterocycles. The smallest absolute Gasteiger partial charge is 0.251 e. The fourth-order valence-electron chi connectivity index (χ4n) is 1.70. The number of carbonyl (C=O) groups is 1. The summed E-state index contributed by atoms with van der Waals surface area (Å²) in [6.45, 7) is 1.73. The molecule has 0 fully saturated rings. The lowest BCUT2D eigenvalue weighted by Gasteiger charge is -2.09. The summed E-state index contributed by atoms with van der Waals surface area (Å²) in [6, 6.07) is 4.19. The van der Waals surface area contributed by atoms with E-state index in [1.165, 1.54) is 18.2 Å². The Morgan fingerprint density at radius 1 is 1.24 bits per heavy atom. The summed E-state index contributed by atoms with van der Waals surface area (Å²) < 4.78 is 44.9. The number of nitrogens with two attached hydrogens (primary N) is 1. The van der Waals surface area contributed by atoms with E-state index >= 15 is 0 Å². The predicted molar refractivity (Wildman–Crippen MR) is 79.2 cm³/mol.